The molecule has 0 amide bonds. The smallest absolute Gasteiger partial charge is 0.0569 e. The predicted octanol–water partition coefficient (Wildman–Crippen LogP) is 3.91. The standard InChI is InChI=1S/C17H16N2/c1-2-9-16-14(6-1)13-7-3-8-15(13)17(19-16)12-5-4-10-18-11-12/h1-7,9-11,13,15,17,19H,8H2/t13-,15-,17+/m0/s1. The highest BCUT2D eigenvalue weighted by Crippen LogP contribution is 2.49. The lowest BCUT2D eigenvalue weighted by molar-refractivity contribution is 0.425. The zero-order chi connectivity index (χ0) is 12.7. The molecule has 19 heavy (non-hydrogen) atoms. The fraction of sp³-hybridized carbons (Fsp3) is 0.235. The van der Waals surface area contributed by atoms with Crippen LogP contribution >= 0.6 is 0 Å². The molecule has 1 aliphatic carbocycles. The van der Waals surface area contributed by atoms with Crippen LogP contribution in [0.1, 0.15) is 29.5 Å². The van der Waals surface area contributed by atoms with Crippen LogP contribution in [0.5, 0.6) is 0 Å². The van der Waals surface area contributed by atoms with E-state index in [-0.39, 0.29) is 0 Å². The Hall–Kier alpha value is -2.09. The minimum absolute atomic E-state index is 0.364. The molecule has 0 saturated heterocycles. The van der Waals surface area contributed by atoms with Crippen LogP contribution in [0.15, 0.2) is 60.9 Å². The maximum Gasteiger partial charge on any atom is 0.0569 e. The van der Waals surface area contributed by atoms with Crippen molar-refractivity contribution in [1.82, 2.24) is 4.98 Å². The number of benzene rings is 1. The summed E-state index contributed by atoms with van der Waals surface area (Å²) in [5.74, 6) is 1.15. The minimum Gasteiger partial charge on any atom is -0.378 e. The SMILES string of the molecule is C1=C[C@H]2c3ccccc3N[C@H](c3cccnc3)[C@H]2C1. The third-order valence-electron chi connectivity index (χ3n) is 4.32. The molecule has 3 atom stereocenters. The van der Waals surface area contributed by atoms with E-state index < -0.39 is 0 Å². The topological polar surface area (TPSA) is 24.9 Å². The van der Waals surface area contributed by atoms with Crippen LogP contribution in [-0.2, 0) is 0 Å². The monoisotopic (exact) mass is 248 g/mol. The molecule has 0 spiro atoms. The number of fused-ring (bicyclic) bond motifs is 3. The van der Waals surface area contributed by atoms with Crippen LogP contribution < -0.4 is 5.32 Å². The number of para-hydroxylation sites is 1. The average molecular weight is 248 g/mol. The molecule has 2 heterocycles. The van der Waals surface area contributed by atoms with Gasteiger partial charge in [0.15, 0.2) is 0 Å². The van der Waals surface area contributed by atoms with E-state index in [0.717, 1.165) is 6.42 Å². The maximum absolute atomic E-state index is 4.27. The molecular formula is C17H16N2. The van der Waals surface area contributed by atoms with Gasteiger partial charge in [-0.3, -0.25) is 4.98 Å². The molecule has 1 N–H and O–H groups in total. The van der Waals surface area contributed by atoms with Gasteiger partial charge in [0.2, 0.25) is 0 Å². The van der Waals surface area contributed by atoms with Crippen molar-refractivity contribution in [2.24, 2.45) is 5.92 Å². The summed E-state index contributed by atoms with van der Waals surface area (Å²) < 4.78 is 0. The summed E-state index contributed by atoms with van der Waals surface area (Å²) in [4.78, 5) is 4.27. The first kappa shape index (κ1) is 10.8. The Morgan fingerprint density at radius 3 is 2.95 bits per heavy atom. The number of allylic oxidation sites excluding steroid dienone is 2. The van der Waals surface area contributed by atoms with E-state index >= 15 is 0 Å². The molecule has 4 rings (SSSR count). The number of pyridine rings is 1. The van der Waals surface area contributed by atoms with E-state index in [9.17, 15) is 0 Å². The van der Waals surface area contributed by atoms with Gasteiger partial charge in [-0.1, -0.05) is 36.4 Å². The molecule has 1 aliphatic heterocycles. The second kappa shape index (κ2) is 4.23. The summed E-state index contributed by atoms with van der Waals surface area (Å²) in [5, 5.41) is 3.70. The second-order valence-electron chi connectivity index (χ2n) is 5.35. The maximum atomic E-state index is 4.27. The number of hydrogen-bond acceptors (Lipinski definition) is 2. The Morgan fingerprint density at radius 1 is 1.11 bits per heavy atom. The van der Waals surface area contributed by atoms with Crippen molar-refractivity contribution in [2.45, 2.75) is 18.4 Å². The van der Waals surface area contributed by atoms with Crippen LogP contribution in [0.25, 0.3) is 0 Å². The molecule has 2 nitrogen and oxygen atoms in total. The molecule has 0 fully saturated rings. The van der Waals surface area contributed by atoms with E-state index in [1.807, 2.05) is 18.5 Å². The summed E-state index contributed by atoms with van der Waals surface area (Å²) >= 11 is 0. The molecule has 0 saturated carbocycles. The normalized spacial score (nSPS) is 27.5. The van der Waals surface area contributed by atoms with Crippen molar-refractivity contribution < 1.29 is 0 Å². The van der Waals surface area contributed by atoms with Gasteiger partial charge in [-0.2, -0.15) is 0 Å². The number of hydrogen-bond donors (Lipinski definition) is 1. The fourth-order valence-electron chi connectivity index (χ4n) is 3.43. The first-order chi connectivity index (χ1) is 9.43. The lowest BCUT2D eigenvalue weighted by atomic mass is 9.77. The van der Waals surface area contributed by atoms with Gasteiger partial charge in [0.25, 0.3) is 0 Å². The number of nitrogens with one attached hydrogen (secondary N) is 1. The van der Waals surface area contributed by atoms with Crippen LogP contribution in [0.4, 0.5) is 5.69 Å². The number of aromatic nitrogens is 1. The average Bonchev–Trinajstić information content (AvgIpc) is 2.97. The first-order valence-electron chi connectivity index (χ1n) is 6.85. The van der Waals surface area contributed by atoms with Gasteiger partial charge < -0.3 is 5.32 Å². The van der Waals surface area contributed by atoms with Gasteiger partial charge in [-0.25, -0.2) is 0 Å². The fourth-order valence-corrected chi connectivity index (χ4v) is 3.43. The zero-order valence-electron chi connectivity index (χ0n) is 10.7. The van der Waals surface area contributed by atoms with Crippen molar-refractivity contribution in [1.29, 1.82) is 0 Å². The molecule has 1 aromatic heterocycles. The van der Waals surface area contributed by atoms with Crippen LogP contribution in [0.3, 0.4) is 0 Å². The summed E-state index contributed by atoms with van der Waals surface area (Å²) in [7, 11) is 0. The third-order valence-corrected chi connectivity index (χ3v) is 4.32. The largest absolute Gasteiger partial charge is 0.378 e. The van der Waals surface area contributed by atoms with Crippen molar-refractivity contribution >= 4 is 5.69 Å². The van der Waals surface area contributed by atoms with Gasteiger partial charge in [0.05, 0.1) is 6.04 Å². The molecule has 0 bridgehead atoms. The lowest BCUT2D eigenvalue weighted by Gasteiger charge is -2.37. The van der Waals surface area contributed by atoms with Crippen molar-refractivity contribution in [2.75, 3.05) is 5.32 Å². The Bertz CT molecular complexity index is 618. The summed E-state index contributed by atoms with van der Waals surface area (Å²) in [5.41, 5.74) is 3.99. The molecule has 2 aliphatic rings. The van der Waals surface area contributed by atoms with Gasteiger partial charge >= 0.3 is 0 Å². The summed E-state index contributed by atoms with van der Waals surface area (Å²) in [6.45, 7) is 0. The Balaban J connectivity index is 1.80. The van der Waals surface area contributed by atoms with Crippen molar-refractivity contribution in [3.8, 4) is 0 Å². The number of rotatable bonds is 1. The number of nitrogens with zero attached hydrogens (tertiary/aromatic N) is 1. The first-order valence-corrected chi connectivity index (χ1v) is 6.85. The predicted molar refractivity (Wildman–Crippen MR) is 77.0 cm³/mol. The zero-order valence-corrected chi connectivity index (χ0v) is 10.7. The van der Waals surface area contributed by atoms with Gasteiger partial charge in [0.1, 0.15) is 0 Å². The summed E-state index contributed by atoms with van der Waals surface area (Å²) in [6, 6.07) is 13.2. The highest BCUT2D eigenvalue weighted by atomic mass is 15.0. The minimum atomic E-state index is 0.364. The highest BCUT2D eigenvalue weighted by Gasteiger charge is 2.37. The van der Waals surface area contributed by atoms with E-state index in [1.165, 1.54) is 16.8 Å². The van der Waals surface area contributed by atoms with E-state index in [0.29, 0.717) is 17.9 Å². The highest BCUT2D eigenvalue weighted by molar-refractivity contribution is 5.59. The van der Waals surface area contributed by atoms with Gasteiger partial charge in [-0.15, -0.1) is 0 Å². The van der Waals surface area contributed by atoms with Crippen LogP contribution in [-0.4, -0.2) is 4.98 Å². The quantitative estimate of drug-likeness (QED) is 0.774. The molecule has 0 radical (unpaired) electrons. The second-order valence-corrected chi connectivity index (χ2v) is 5.35. The molecule has 2 heteroatoms. The van der Waals surface area contributed by atoms with Crippen molar-refractivity contribution in [3.05, 3.63) is 72.1 Å². The van der Waals surface area contributed by atoms with Crippen LogP contribution in [0.2, 0.25) is 0 Å². The molecule has 1 aromatic carbocycles. The van der Waals surface area contributed by atoms with Gasteiger partial charge in [0, 0.05) is 24.0 Å². The van der Waals surface area contributed by atoms with E-state index in [1.54, 1.807) is 0 Å². The molecule has 0 unspecified atom stereocenters. The Morgan fingerprint density at radius 2 is 2.05 bits per heavy atom. The van der Waals surface area contributed by atoms with E-state index in [2.05, 4.69) is 52.8 Å². The number of anilines is 1. The van der Waals surface area contributed by atoms with Crippen molar-refractivity contribution in [3.63, 3.8) is 0 Å². The summed E-state index contributed by atoms with van der Waals surface area (Å²) in [6.07, 6.45) is 9.66. The lowest BCUT2D eigenvalue weighted by Crippen LogP contribution is -2.29. The van der Waals surface area contributed by atoms with Gasteiger partial charge in [-0.05, 0) is 35.6 Å². The molecular weight excluding hydrogens is 232 g/mol. The third kappa shape index (κ3) is 1.67. The van der Waals surface area contributed by atoms with E-state index in [4.69, 9.17) is 0 Å². The Kier molecular flexibility index (Phi) is 2.41. The molecule has 94 valence electrons. The Labute approximate surface area is 113 Å². The molecule has 2 aromatic rings. The van der Waals surface area contributed by atoms with Crippen LogP contribution in [0, 0.1) is 5.92 Å².